The molecule has 2 atom stereocenters. The summed E-state index contributed by atoms with van der Waals surface area (Å²) in [7, 11) is 0. The van der Waals surface area contributed by atoms with Gasteiger partial charge in [-0.2, -0.15) is 0 Å². The van der Waals surface area contributed by atoms with Gasteiger partial charge in [0.2, 0.25) is 11.8 Å². The molecule has 2 unspecified atom stereocenters. The summed E-state index contributed by atoms with van der Waals surface area (Å²) in [5.74, 6) is 0.509. The Morgan fingerprint density at radius 3 is 2.40 bits per heavy atom. The van der Waals surface area contributed by atoms with Gasteiger partial charge in [0.1, 0.15) is 12.1 Å². The summed E-state index contributed by atoms with van der Waals surface area (Å²) in [6.07, 6.45) is 11.8. The average Bonchev–Trinajstić information content (AvgIpc) is 2.98. The molecule has 0 spiro atoms. The maximum atomic E-state index is 12.9. The van der Waals surface area contributed by atoms with E-state index < -0.39 is 0 Å². The van der Waals surface area contributed by atoms with Crippen molar-refractivity contribution in [3.05, 3.63) is 12.2 Å². The number of nitrogens with one attached hydrogen (secondary N) is 1. The molecule has 0 aromatic heterocycles. The van der Waals surface area contributed by atoms with Crippen LogP contribution in [0, 0.1) is 5.92 Å². The highest BCUT2D eigenvalue weighted by Gasteiger charge is 2.44. The number of hydrogen-bond donors (Lipinski definition) is 1. The van der Waals surface area contributed by atoms with E-state index in [1.54, 1.807) is 0 Å². The van der Waals surface area contributed by atoms with Crippen molar-refractivity contribution in [3.63, 3.8) is 0 Å². The minimum absolute atomic E-state index is 0.0204. The quantitative estimate of drug-likeness (QED) is 0.784. The van der Waals surface area contributed by atoms with Crippen LogP contribution in [0.15, 0.2) is 12.2 Å². The van der Waals surface area contributed by atoms with E-state index >= 15 is 0 Å². The largest absolute Gasteiger partial charge is 0.342 e. The molecule has 2 aliphatic carbocycles. The van der Waals surface area contributed by atoms with Crippen LogP contribution in [-0.4, -0.2) is 34.8 Å². The first kappa shape index (κ1) is 13.7. The molecule has 0 radical (unpaired) electrons. The van der Waals surface area contributed by atoms with Gasteiger partial charge in [0.15, 0.2) is 0 Å². The number of carbonyl (C=O) groups is 2. The van der Waals surface area contributed by atoms with Crippen LogP contribution >= 0.6 is 0 Å². The predicted molar refractivity (Wildman–Crippen MR) is 77.0 cm³/mol. The third-order valence-corrected chi connectivity index (χ3v) is 5.11. The average molecular weight is 276 g/mol. The first-order valence-electron chi connectivity index (χ1n) is 7.96. The zero-order chi connectivity index (χ0) is 14.1. The summed E-state index contributed by atoms with van der Waals surface area (Å²) >= 11 is 0. The molecule has 3 aliphatic rings. The fraction of sp³-hybridized carbons (Fsp3) is 0.750. The van der Waals surface area contributed by atoms with Crippen LogP contribution in [0.2, 0.25) is 0 Å². The molecule has 110 valence electrons. The molecule has 0 aromatic carbocycles. The van der Waals surface area contributed by atoms with Crippen molar-refractivity contribution in [3.8, 4) is 0 Å². The van der Waals surface area contributed by atoms with E-state index in [4.69, 9.17) is 0 Å². The molecule has 2 amide bonds. The van der Waals surface area contributed by atoms with Crippen LogP contribution in [0.25, 0.3) is 0 Å². The Morgan fingerprint density at radius 2 is 1.75 bits per heavy atom. The van der Waals surface area contributed by atoms with Crippen LogP contribution in [0.3, 0.4) is 0 Å². The number of nitrogens with zero attached hydrogens (tertiary/aromatic N) is 1. The van der Waals surface area contributed by atoms with Gasteiger partial charge < -0.3 is 10.2 Å². The smallest absolute Gasteiger partial charge is 0.246 e. The summed E-state index contributed by atoms with van der Waals surface area (Å²) in [6.45, 7) is 1.85. The van der Waals surface area contributed by atoms with Crippen molar-refractivity contribution >= 4 is 11.8 Å². The fourth-order valence-corrected chi connectivity index (χ4v) is 3.93. The monoisotopic (exact) mass is 276 g/mol. The molecule has 1 saturated carbocycles. The Balaban J connectivity index is 1.78. The van der Waals surface area contributed by atoms with E-state index in [9.17, 15) is 9.59 Å². The molecule has 20 heavy (non-hydrogen) atoms. The van der Waals surface area contributed by atoms with Crippen molar-refractivity contribution in [1.82, 2.24) is 10.2 Å². The molecule has 0 aromatic rings. The van der Waals surface area contributed by atoms with Gasteiger partial charge in [-0.25, -0.2) is 0 Å². The van der Waals surface area contributed by atoms with E-state index in [-0.39, 0.29) is 29.9 Å². The lowest BCUT2D eigenvalue weighted by Gasteiger charge is -2.43. The Kier molecular flexibility index (Phi) is 3.81. The fourth-order valence-electron chi connectivity index (χ4n) is 3.93. The molecular weight excluding hydrogens is 252 g/mol. The molecule has 0 bridgehead atoms. The van der Waals surface area contributed by atoms with Crippen LogP contribution < -0.4 is 5.32 Å². The van der Waals surface area contributed by atoms with Gasteiger partial charge in [0.05, 0.1) is 0 Å². The van der Waals surface area contributed by atoms with E-state index in [1.165, 1.54) is 19.3 Å². The van der Waals surface area contributed by atoms with E-state index in [0.29, 0.717) is 5.92 Å². The summed E-state index contributed by atoms with van der Waals surface area (Å²) in [5, 5.41) is 2.99. The van der Waals surface area contributed by atoms with Crippen molar-refractivity contribution in [2.24, 2.45) is 5.92 Å². The highest BCUT2D eigenvalue weighted by molar-refractivity contribution is 5.97. The van der Waals surface area contributed by atoms with E-state index in [0.717, 1.165) is 25.7 Å². The number of carbonyl (C=O) groups excluding carboxylic acids is 2. The van der Waals surface area contributed by atoms with Crippen LogP contribution in [0.5, 0.6) is 0 Å². The first-order chi connectivity index (χ1) is 9.68. The van der Waals surface area contributed by atoms with E-state index in [2.05, 4.69) is 17.5 Å². The maximum Gasteiger partial charge on any atom is 0.246 e. The molecule has 3 rings (SSSR count). The molecular formula is C16H24N2O2. The zero-order valence-electron chi connectivity index (χ0n) is 12.2. The second-order valence-corrected chi connectivity index (χ2v) is 6.40. The normalized spacial score (nSPS) is 32.8. The van der Waals surface area contributed by atoms with Crippen molar-refractivity contribution in [1.29, 1.82) is 0 Å². The number of rotatable bonds is 2. The molecule has 1 N–H and O–H groups in total. The van der Waals surface area contributed by atoms with Gasteiger partial charge in [0.25, 0.3) is 0 Å². The van der Waals surface area contributed by atoms with Gasteiger partial charge >= 0.3 is 0 Å². The highest BCUT2D eigenvalue weighted by Crippen LogP contribution is 2.31. The molecule has 1 saturated heterocycles. The molecule has 1 aliphatic heterocycles. The lowest BCUT2D eigenvalue weighted by molar-refractivity contribution is -0.153. The third-order valence-electron chi connectivity index (χ3n) is 5.11. The zero-order valence-corrected chi connectivity index (χ0v) is 12.2. The number of hydrogen-bond acceptors (Lipinski definition) is 2. The second kappa shape index (κ2) is 5.58. The minimum Gasteiger partial charge on any atom is -0.342 e. The van der Waals surface area contributed by atoms with Crippen molar-refractivity contribution < 1.29 is 9.59 Å². The van der Waals surface area contributed by atoms with Crippen molar-refractivity contribution in [2.45, 2.75) is 70.0 Å². The van der Waals surface area contributed by atoms with Crippen molar-refractivity contribution in [2.75, 3.05) is 0 Å². The van der Waals surface area contributed by atoms with Crippen LogP contribution in [-0.2, 0) is 9.59 Å². The van der Waals surface area contributed by atoms with Crippen LogP contribution in [0.4, 0.5) is 0 Å². The second-order valence-electron chi connectivity index (χ2n) is 6.40. The van der Waals surface area contributed by atoms with Gasteiger partial charge in [-0.15, -0.1) is 0 Å². The first-order valence-corrected chi connectivity index (χ1v) is 7.96. The summed E-state index contributed by atoms with van der Waals surface area (Å²) < 4.78 is 0. The standard InChI is InChI=1S/C16H24N2O2/c1-11-15(19)17-14(12-7-3-2-4-8-12)16(20)18(11)13-9-5-6-10-13/h5-6,11-14H,2-4,7-10H2,1H3,(H,17,19). The molecule has 1 heterocycles. The molecule has 2 fully saturated rings. The van der Waals surface area contributed by atoms with Gasteiger partial charge in [-0.1, -0.05) is 31.4 Å². The van der Waals surface area contributed by atoms with Gasteiger partial charge in [-0.3, -0.25) is 9.59 Å². The third kappa shape index (κ3) is 2.36. The number of amides is 2. The lowest BCUT2D eigenvalue weighted by atomic mass is 9.82. The number of piperazine rings is 1. The Morgan fingerprint density at radius 1 is 1.10 bits per heavy atom. The SMILES string of the molecule is CC1C(=O)NC(C2CCCCC2)C(=O)N1C1CC=CC1. The Hall–Kier alpha value is -1.32. The minimum atomic E-state index is -0.327. The maximum absolute atomic E-state index is 12.9. The lowest BCUT2D eigenvalue weighted by Crippen LogP contribution is -2.66. The van der Waals surface area contributed by atoms with Crippen LogP contribution in [0.1, 0.15) is 51.9 Å². The predicted octanol–water partition coefficient (Wildman–Crippen LogP) is 2.00. The van der Waals surface area contributed by atoms with Gasteiger partial charge in [-0.05, 0) is 38.5 Å². The molecule has 4 nitrogen and oxygen atoms in total. The Bertz CT molecular complexity index is 418. The summed E-state index contributed by atoms with van der Waals surface area (Å²) in [6, 6.07) is -0.415. The summed E-state index contributed by atoms with van der Waals surface area (Å²) in [4.78, 5) is 26.9. The van der Waals surface area contributed by atoms with E-state index in [1.807, 2.05) is 11.8 Å². The Labute approximate surface area is 120 Å². The van der Waals surface area contributed by atoms with Gasteiger partial charge in [0, 0.05) is 6.04 Å². The molecule has 4 heteroatoms. The highest BCUT2D eigenvalue weighted by atomic mass is 16.2. The summed E-state index contributed by atoms with van der Waals surface area (Å²) in [5.41, 5.74) is 0. The topological polar surface area (TPSA) is 49.4 Å².